The second-order valence-electron chi connectivity index (χ2n) is 5.49. The zero-order chi connectivity index (χ0) is 14.8. The van der Waals surface area contributed by atoms with E-state index in [1.807, 2.05) is 0 Å². The van der Waals surface area contributed by atoms with Crippen molar-refractivity contribution in [2.24, 2.45) is 5.73 Å². The van der Waals surface area contributed by atoms with Crippen molar-refractivity contribution in [2.45, 2.75) is 37.8 Å². The van der Waals surface area contributed by atoms with Crippen LogP contribution in [0.3, 0.4) is 0 Å². The molecule has 0 saturated heterocycles. The number of hydrogen-bond acceptors (Lipinski definition) is 5. The molecule has 0 radical (unpaired) electrons. The maximum absolute atomic E-state index is 11.1. The van der Waals surface area contributed by atoms with Crippen LogP contribution < -0.4 is 11.1 Å². The van der Waals surface area contributed by atoms with E-state index < -0.39 is 0 Å². The first-order chi connectivity index (χ1) is 10.2. The van der Waals surface area contributed by atoms with Crippen molar-refractivity contribution < 1.29 is 4.92 Å². The molecule has 6 heteroatoms. The van der Waals surface area contributed by atoms with Gasteiger partial charge in [-0.05, 0) is 31.0 Å². The minimum atomic E-state index is -0.375. The number of aromatic nitrogens is 1. The Bertz CT molecular complexity index is 674. The summed E-state index contributed by atoms with van der Waals surface area (Å²) in [6, 6.07) is 7.02. The molecule has 0 amide bonds. The third-order valence-corrected chi connectivity index (χ3v) is 4.10. The molecule has 1 fully saturated rings. The highest BCUT2D eigenvalue weighted by atomic mass is 16.6. The Morgan fingerprint density at radius 3 is 2.86 bits per heavy atom. The van der Waals surface area contributed by atoms with Gasteiger partial charge < -0.3 is 11.1 Å². The molecule has 2 unspecified atom stereocenters. The lowest BCUT2D eigenvalue weighted by atomic mass is 9.91. The molecule has 1 heterocycles. The van der Waals surface area contributed by atoms with Gasteiger partial charge in [-0.3, -0.25) is 15.1 Å². The van der Waals surface area contributed by atoms with Crippen LogP contribution >= 0.6 is 0 Å². The van der Waals surface area contributed by atoms with Crippen LogP contribution in [-0.2, 0) is 0 Å². The lowest BCUT2D eigenvalue weighted by molar-refractivity contribution is -0.383. The van der Waals surface area contributed by atoms with Crippen LogP contribution in [0, 0.1) is 10.1 Å². The van der Waals surface area contributed by atoms with Crippen LogP contribution in [0.1, 0.15) is 25.7 Å². The summed E-state index contributed by atoms with van der Waals surface area (Å²) in [4.78, 5) is 15.0. The molecule has 1 aliphatic carbocycles. The van der Waals surface area contributed by atoms with Crippen LogP contribution in [-0.4, -0.2) is 22.0 Å². The average molecular weight is 286 g/mol. The second kappa shape index (κ2) is 5.65. The Balaban J connectivity index is 1.99. The van der Waals surface area contributed by atoms with E-state index in [-0.39, 0.29) is 22.7 Å². The Hall–Kier alpha value is -2.21. The third-order valence-electron chi connectivity index (χ3n) is 4.10. The summed E-state index contributed by atoms with van der Waals surface area (Å²) in [6.07, 6.45) is 6.00. The molecule has 0 aliphatic heterocycles. The summed E-state index contributed by atoms with van der Waals surface area (Å²) in [7, 11) is 0. The van der Waals surface area contributed by atoms with E-state index in [1.54, 1.807) is 24.4 Å². The maximum atomic E-state index is 11.1. The molecule has 2 aromatic rings. The molecule has 3 N–H and O–H groups in total. The van der Waals surface area contributed by atoms with E-state index in [0.717, 1.165) is 24.9 Å². The summed E-state index contributed by atoms with van der Waals surface area (Å²) in [5, 5.41) is 15.1. The Morgan fingerprint density at radius 2 is 2.10 bits per heavy atom. The van der Waals surface area contributed by atoms with Crippen LogP contribution in [0.4, 0.5) is 11.4 Å². The zero-order valence-electron chi connectivity index (χ0n) is 11.7. The van der Waals surface area contributed by atoms with Gasteiger partial charge in [0, 0.05) is 24.3 Å². The molecule has 1 saturated carbocycles. The van der Waals surface area contributed by atoms with E-state index in [0.29, 0.717) is 10.9 Å². The molecule has 2 atom stereocenters. The fourth-order valence-electron chi connectivity index (χ4n) is 2.97. The Kier molecular flexibility index (Phi) is 3.70. The smallest absolute Gasteiger partial charge is 0.278 e. The molecular formula is C15H18N4O2. The predicted molar refractivity (Wildman–Crippen MR) is 82.3 cm³/mol. The highest BCUT2D eigenvalue weighted by molar-refractivity contribution is 5.96. The molecule has 0 bridgehead atoms. The van der Waals surface area contributed by atoms with Gasteiger partial charge in [0.15, 0.2) is 0 Å². The summed E-state index contributed by atoms with van der Waals surface area (Å²) >= 11 is 0. The minimum Gasteiger partial charge on any atom is -0.379 e. The number of nitrogens with one attached hydrogen (secondary N) is 1. The van der Waals surface area contributed by atoms with Crippen LogP contribution in [0.25, 0.3) is 10.9 Å². The van der Waals surface area contributed by atoms with E-state index in [9.17, 15) is 10.1 Å². The van der Waals surface area contributed by atoms with Crippen molar-refractivity contribution in [1.82, 2.24) is 4.98 Å². The predicted octanol–water partition coefficient (Wildman–Crippen LogP) is 2.82. The summed E-state index contributed by atoms with van der Waals surface area (Å²) in [5.41, 5.74) is 7.69. The molecule has 3 rings (SSSR count). The normalized spacial score (nSPS) is 22.1. The fourth-order valence-corrected chi connectivity index (χ4v) is 2.97. The summed E-state index contributed by atoms with van der Waals surface area (Å²) < 4.78 is 0. The number of nitrogens with two attached hydrogens (primary N) is 1. The highest BCUT2D eigenvalue weighted by Crippen LogP contribution is 2.31. The molecule has 0 spiro atoms. The largest absolute Gasteiger partial charge is 0.379 e. The number of nitro benzene ring substituents is 1. The summed E-state index contributed by atoms with van der Waals surface area (Å²) in [6.45, 7) is 0. The van der Waals surface area contributed by atoms with Crippen molar-refractivity contribution >= 4 is 22.3 Å². The van der Waals surface area contributed by atoms with Crippen molar-refractivity contribution in [3.8, 4) is 0 Å². The van der Waals surface area contributed by atoms with Crippen molar-refractivity contribution in [2.75, 3.05) is 5.32 Å². The first-order valence-electron chi connectivity index (χ1n) is 7.21. The highest BCUT2D eigenvalue weighted by Gasteiger charge is 2.23. The molecule has 21 heavy (non-hydrogen) atoms. The molecule has 6 nitrogen and oxygen atoms in total. The van der Waals surface area contributed by atoms with E-state index >= 15 is 0 Å². The van der Waals surface area contributed by atoms with Gasteiger partial charge in [-0.15, -0.1) is 0 Å². The van der Waals surface area contributed by atoms with Gasteiger partial charge in [0.2, 0.25) is 0 Å². The topological polar surface area (TPSA) is 94.1 Å². The molecule has 1 aromatic carbocycles. The van der Waals surface area contributed by atoms with E-state index in [4.69, 9.17) is 5.73 Å². The second-order valence-corrected chi connectivity index (χ2v) is 5.49. The van der Waals surface area contributed by atoms with Gasteiger partial charge in [0.25, 0.3) is 5.69 Å². The van der Waals surface area contributed by atoms with Gasteiger partial charge in [-0.1, -0.05) is 12.8 Å². The molecule has 110 valence electrons. The fraction of sp³-hybridized carbons (Fsp3) is 0.400. The van der Waals surface area contributed by atoms with Crippen molar-refractivity contribution in [1.29, 1.82) is 0 Å². The summed E-state index contributed by atoms with van der Waals surface area (Å²) in [5.74, 6) is 0. The van der Waals surface area contributed by atoms with Gasteiger partial charge in [0.1, 0.15) is 5.52 Å². The van der Waals surface area contributed by atoms with Gasteiger partial charge in [-0.25, -0.2) is 0 Å². The number of fused-ring (bicyclic) bond motifs is 1. The van der Waals surface area contributed by atoms with E-state index in [1.165, 1.54) is 12.5 Å². The van der Waals surface area contributed by atoms with Crippen molar-refractivity contribution in [3.63, 3.8) is 0 Å². The standard InChI is InChI=1S/C15H18N4O2/c16-11-5-1-2-6-12(11)18-13-7-8-14(19(20)21)10-4-3-9-17-15(10)13/h3-4,7-9,11-12,18H,1-2,5-6,16H2. The number of non-ortho nitro benzene ring substituents is 1. The number of anilines is 1. The first kappa shape index (κ1) is 13.8. The van der Waals surface area contributed by atoms with Gasteiger partial charge in [0.05, 0.1) is 16.0 Å². The lowest BCUT2D eigenvalue weighted by Crippen LogP contribution is -2.42. The van der Waals surface area contributed by atoms with Crippen LogP contribution in [0.15, 0.2) is 30.5 Å². The quantitative estimate of drug-likeness (QED) is 0.668. The van der Waals surface area contributed by atoms with Gasteiger partial charge >= 0.3 is 0 Å². The maximum Gasteiger partial charge on any atom is 0.278 e. The van der Waals surface area contributed by atoms with E-state index in [2.05, 4.69) is 10.3 Å². The number of hydrogen-bond donors (Lipinski definition) is 2. The van der Waals surface area contributed by atoms with Crippen molar-refractivity contribution in [3.05, 3.63) is 40.6 Å². The SMILES string of the molecule is NC1CCCCC1Nc1ccc([N+](=O)[O-])c2cccnc12. The molecular weight excluding hydrogens is 268 g/mol. The number of rotatable bonds is 3. The minimum absolute atomic E-state index is 0.0802. The lowest BCUT2D eigenvalue weighted by Gasteiger charge is -2.30. The van der Waals surface area contributed by atoms with Crippen LogP contribution in [0.2, 0.25) is 0 Å². The average Bonchev–Trinajstić information content (AvgIpc) is 2.49. The first-order valence-corrected chi connectivity index (χ1v) is 7.21. The third kappa shape index (κ3) is 2.67. The number of nitrogens with zero attached hydrogens (tertiary/aromatic N) is 2. The molecule has 1 aliphatic rings. The van der Waals surface area contributed by atoms with Crippen LogP contribution in [0.5, 0.6) is 0 Å². The number of pyridine rings is 1. The Morgan fingerprint density at radius 1 is 1.29 bits per heavy atom. The Labute approximate surface area is 122 Å². The zero-order valence-corrected chi connectivity index (χ0v) is 11.7. The number of nitro groups is 1. The van der Waals surface area contributed by atoms with Gasteiger partial charge in [-0.2, -0.15) is 0 Å². The number of benzene rings is 1. The monoisotopic (exact) mass is 286 g/mol. The molecule has 1 aromatic heterocycles.